The Hall–Kier alpha value is -2.15. The molecule has 2 aromatic carbocycles. The quantitative estimate of drug-likeness (QED) is 0.155. The minimum absolute atomic E-state index is 0.0636. The van der Waals surface area contributed by atoms with Crippen LogP contribution in [-0.4, -0.2) is 50.6 Å². The minimum atomic E-state index is -0.0636. The van der Waals surface area contributed by atoms with Crippen LogP contribution in [0.3, 0.4) is 0 Å². The van der Waals surface area contributed by atoms with Gasteiger partial charge in [-0.05, 0) is 98.0 Å². The Morgan fingerprint density at radius 1 is 1.24 bits per heavy atom. The molecule has 38 heavy (non-hydrogen) atoms. The van der Waals surface area contributed by atoms with Gasteiger partial charge in [0.2, 0.25) is 6.41 Å². The van der Waals surface area contributed by atoms with E-state index in [1.54, 1.807) is 0 Å². The average molecular weight is 554 g/mol. The van der Waals surface area contributed by atoms with Gasteiger partial charge in [-0.1, -0.05) is 49.6 Å². The van der Waals surface area contributed by atoms with Crippen molar-refractivity contribution < 1.29 is 9.53 Å². The Morgan fingerprint density at radius 2 is 2.16 bits per heavy atom. The van der Waals surface area contributed by atoms with Crippen molar-refractivity contribution in [2.45, 2.75) is 62.2 Å². The molecule has 0 aromatic heterocycles. The summed E-state index contributed by atoms with van der Waals surface area (Å²) in [6.07, 6.45) is 13.7. The summed E-state index contributed by atoms with van der Waals surface area (Å²) in [6.45, 7) is 8.19. The lowest BCUT2D eigenvalue weighted by Crippen LogP contribution is -2.47. The summed E-state index contributed by atoms with van der Waals surface area (Å²) in [6, 6.07) is 12.7. The molecule has 1 N–H and O–H groups in total. The Morgan fingerprint density at radius 3 is 3.03 bits per heavy atom. The zero-order chi connectivity index (χ0) is 26.4. The number of rotatable bonds is 10. The van der Waals surface area contributed by atoms with Crippen LogP contribution in [0.2, 0.25) is 5.02 Å². The van der Waals surface area contributed by atoms with Crippen molar-refractivity contribution >= 4 is 35.6 Å². The summed E-state index contributed by atoms with van der Waals surface area (Å²) in [7, 11) is 0. The van der Waals surface area contributed by atoms with E-state index >= 15 is 0 Å². The second-order valence-corrected chi connectivity index (χ2v) is 12.4. The molecular formula is C31H40ClN3O2S. The normalized spacial score (nSPS) is 23.2. The highest BCUT2D eigenvalue weighted by atomic mass is 35.5. The standard InChI is InChI=1S/C31H40ClN3O2S/c1-2-3-4-5-6-15-34-16-13-24(19-34)20-35-21-31(14-7-8-25-17-26(32)9-11-28(25)31)22-37-30-12-10-27(18-29(30)35)38-33-23-36/h5-6,9-12,17-18,23-24H,2-4,7-8,13-16,19-22H2,1H3,(H,33,36)/b6-5+. The Balaban J connectivity index is 1.39. The molecular weight excluding hydrogens is 514 g/mol. The highest BCUT2D eigenvalue weighted by molar-refractivity contribution is 7.97. The van der Waals surface area contributed by atoms with E-state index in [0.717, 1.165) is 79.8 Å². The van der Waals surface area contributed by atoms with E-state index in [1.807, 2.05) is 12.1 Å². The first-order chi connectivity index (χ1) is 18.6. The fourth-order valence-electron chi connectivity index (χ4n) is 6.45. The number of carbonyl (C=O) groups is 1. The number of ether oxygens (including phenoxy) is 1. The molecule has 204 valence electrons. The summed E-state index contributed by atoms with van der Waals surface area (Å²) < 4.78 is 9.34. The van der Waals surface area contributed by atoms with E-state index in [-0.39, 0.29) is 5.41 Å². The third-order valence-electron chi connectivity index (χ3n) is 8.34. The van der Waals surface area contributed by atoms with E-state index in [2.05, 4.69) is 57.9 Å². The number of hydrogen-bond donors (Lipinski definition) is 1. The van der Waals surface area contributed by atoms with Crippen molar-refractivity contribution in [1.29, 1.82) is 0 Å². The number of halogens is 1. The van der Waals surface area contributed by atoms with Crippen molar-refractivity contribution in [2.75, 3.05) is 44.2 Å². The predicted molar refractivity (Wildman–Crippen MR) is 158 cm³/mol. The molecule has 1 fully saturated rings. The molecule has 1 amide bonds. The summed E-state index contributed by atoms with van der Waals surface area (Å²) in [5.74, 6) is 1.55. The molecule has 3 aliphatic rings. The zero-order valence-electron chi connectivity index (χ0n) is 22.5. The predicted octanol–water partition coefficient (Wildman–Crippen LogP) is 6.63. The number of anilines is 1. The first-order valence-corrected chi connectivity index (χ1v) is 15.3. The fourth-order valence-corrected chi connectivity index (χ4v) is 7.14. The van der Waals surface area contributed by atoms with Crippen LogP contribution >= 0.6 is 23.5 Å². The van der Waals surface area contributed by atoms with Gasteiger partial charge in [-0.15, -0.1) is 0 Å². The lowest BCUT2D eigenvalue weighted by Gasteiger charge is -2.41. The van der Waals surface area contributed by atoms with Crippen LogP contribution in [0, 0.1) is 5.92 Å². The van der Waals surface area contributed by atoms with Gasteiger partial charge >= 0.3 is 0 Å². The van der Waals surface area contributed by atoms with E-state index in [1.165, 1.54) is 48.8 Å². The van der Waals surface area contributed by atoms with E-state index in [9.17, 15) is 4.79 Å². The van der Waals surface area contributed by atoms with Crippen LogP contribution in [-0.2, 0) is 16.6 Å². The van der Waals surface area contributed by atoms with Crippen molar-refractivity contribution in [3.05, 3.63) is 64.7 Å². The average Bonchev–Trinajstić information content (AvgIpc) is 3.31. The van der Waals surface area contributed by atoms with Gasteiger partial charge in [0.25, 0.3) is 0 Å². The summed E-state index contributed by atoms with van der Waals surface area (Å²) in [4.78, 5) is 17.1. The number of unbranched alkanes of at least 4 members (excludes halogenated alkanes) is 2. The van der Waals surface area contributed by atoms with Gasteiger partial charge in [-0.3, -0.25) is 14.4 Å². The second-order valence-electron chi connectivity index (χ2n) is 11.1. The second kappa shape index (κ2) is 12.8. The molecule has 1 saturated heterocycles. The van der Waals surface area contributed by atoms with Crippen LogP contribution in [0.15, 0.2) is 53.4 Å². The molecule has 1 spiro atoms. The molecule has 1 aliphatic carbocycles. The lowest BCUT2D eigenvalue weighted by molar-refractivity contribution is -0.107. The Labute approximate surface area is 237 Å². The Bertz CT molecular complexity index is 1140. The molecule has 2 aliphatic heterocycles. The molecule has 0 saturated carbocycles. The number of hydrogen-bond acceptors (Lipinski definition) is 5. The van der Waals surface area contributed by atoms with Gasteiger partial charge in [-0.2, -0.15) is 0 Å². The van der Waals surface area contributed by atoms with Crippen LogP contribution in [0.1, 0.15) is 56.6 Å². The lowest BCUT2D eigenvalue weighted by atomic mass is 9.70. The number of nitrogens with zero attached hydrogens (tertiary/aromatic N) is 2. The molecule has 5 rings (SSSR count). The number of carbonyl (C=O) groups excluding carboxylic acids is 1. The van der Waals surface area contributed by atoms with Gasteiger partial charge in [0, 0.05) is 41.5 Å². The van der Waals surface area contributed by atoms with E-state index in [0.29, 0.717) is 12.5 Å². The summed E-state index contributed by atoms with van der Waals surface area (Å²) in [5, 5.41) is 0.814. The van der Waals surface area contributed by atoms with Gasteiger partial charge < -0.3 is 9.64 Å². The SMILES string of the molecule is CCCC/C=C/CN1CCC(CN2CC3(CCCc4cc(Cl)ccc43)COc3ccc(SNC=O)cc32)C1. The van der Waals surface area contributed by atoms with Crippen LogP contribution in [0.4, 0.5) is 5.69 Å². The van der Waals surface area contributed by atoms with Crippen LogP contribution < -0.4 is 14.4 Å². The van der Waals surface area contributed by atoms with Crippen molar-refractivity contribution in [2.24, 2.45) is 5.92 Å². The molecule has 2 aromatic rings. The third kappa shape index (κ3) is 6.35. The van der Waals surface area contributed by atoms with Gasteiger partial charge in [-0.25, -0.2) is 0 Å². The number of fused-ring (bicyclic) bond motifs is 3. The first-order valence-electron chi connectivity index (χ1n) is 14.1. The largest absolute Gasteiger partial charge is 0.490 e. The Kier molecular flexibility index (Phi) is 9.24. The summed E-state index contributed by atoms with van der Waals surface area (Å²) in [5.41, 5.74) is 3.84. The van der Waals surface area contributed by atoms with Gasteiger partial charge in [0.15, 0.2) is 0 Å². The maximum atomic E-state index is 10.9. The third-order valence-corrected chi connectivity index (χ3v) is 9.28. The van der Waals surface area contributed by atoms with Crippen molar-refractivity contribution in [3.63, 3.8) is 0 Å². The maximum Gasteiger partial charge on any atom is 0.217 e. The number of amides is 1. The topological polar surface area (TPSA) is 44.8 Å². The van der Waals surface area contributed by atoms with Crippen LogP contribution in [0.5, 0.6) is 5.75 Å². The molecule has 2 unspecified atom stereocenters. The molecule has 7 heteroatoms. The fraction of sp³-hybridized carbons (Fsp3) is 0.516. The van der Waals surface area contributed by atoms with Gasteiger partial charge in [0.05, 0.1) is 12.3 Å². The number of benzene rings is 2. The molecule has 2 heterocycles. The zero-order valence-corrected chi connectivity index (χ0v) is 24.0. The smallest absolute Gasteiger partial charge is 0.217 e. The van der Waals surface area contributed by atoms with Gasteiger partial charge in [0.1, 0.15) is 5.75 Å². The number of likely N-dealkylation sites (tertiary alicyclic amines) is 1. The van der Waals surface area contributed by atoms with Crippen molar-refractivity contribution in [3.8, 4) is 5.75 Å². The maximum absolute atomic E-state index is 10.9. The number of aryl methyl sites for hydroxylation is 1. The molecule has 5 nitrogen and oxygen atoms in total. The van der Waals surface area contributed by atoms with E-state index < -0.39 is 0 Å². The summed E-state index contributed by atoms with van der Waals surface area (Å²) >= 11 is 7.75. The highest BCUT2D eigenvalue weighted by Gasteiger charge is 2.42. The highest BCUT2D eigenvalue weighted by Crippen LogP contribution is 2.45. The number of allylic oxidation sites excluding steroid dienone is 1. The molecule has 0 radical (unpaired) electrons. The number of nitrogens with one attached hydrogen (secondary N) is 1. The first kappa shape index (κ1) is 27.4. The molecule has 2 atom stereocenters. The van der Waals surface area contributed by atoms with E-state index in [4.69, 9.17) is 16.3 Å². The van der Waals surface area contributed by atoms with Crippen LogP contribution in [0.25, 0.3) is 0 Å². The van der Waals surface area contributed by atoms with Crippen molar-refractivity contribution in [1.82, 2.24) is 9.62 Å². The molecule has 0 bridgehead atoms. The monoisotopic (exact) mass is 553 g/mol. The minimum Gasteiger partial charge on any atom is -0.490 e.